The third-order valence-electron chi connectivity index (χ3n) is 3.91. The molecule has 1 fully saturated rings. The molecule has 0 unspecified atom stereocenters. The summed E-state index contributed by atoms with van der Waals surface area (Å²) < 4.78 is 0. The Labute approximate surface area is 116 Å². The summed E-state index contributed by atoms with van der Waals surface area (Å²) in [6.45, 7) is 10.2. The molecule has 1 aliphatic heterocycles. The summed E-state index contributed by atoms with van der Waals surface area (Å²) in [5, 5.41) is 0. The van der Waals surface area contributed by atoms with Gasteiger partial charge >= 0.3 is 0 Å². The number of amides is 1. The molecule has 3 nitrogen and oxygen atoms in total. The van der Waals surface area contributed by atoms with Crippen molar-refractivity contribution in [3.63, 3.8) is 0 Å². The highest BCUT2D eigenvalue weighted by atomic mass is 16.2. The van der Waals surface area contributed by atoms with Crippen molar-refractivity contribution in [3.05, 3.63) is 35.4 Å². The SMILES string of the molecule is CCc1cccc(C(=O)N2CCN(C(C)C)CC2)c1. The quantitative estimate of drug-likeness (QED) is 0.833. The Kier molecular flexibility index (Phi) is 4.59. The van der Waals surface area contributed by atoms with Crippen molar-refractivity contribution in [2.45, 2.75) is 33.2 Å². The molecule has 1 aromatic rings. The van der Waals surface area contributed by atoms with Gasteiger partial charge in [-0.2, -0.15) is 0 Å². The second kappa shape index (κ2) is 6.20. The largest absolute Gasteiger partial charge is 0.336 e. The van der Waals surface area contributed by atoms with Gasteiger partial charge in [-0.25, -0.2) is 0 Å². The molecule has 1 saturated heterocycles. The maximum atomic E-state index is 12.5. The van der Waals surface area contributed by atoms with Crippen molar-refractivity contribution in [2.75, 3.05) is 26.2 Å². The molecule has 1 amide bonds. The van der Waals surface area contributed by atoms with E-state index in [1.54, 1.807) is 0 Å². The summed E-state index contributed by atoms with van der Waals surface area (Å²) in [6.07, 6.45) is 0.974. The molecule has 3 heteroatoms. The number of carbonyl (C=O) groups is 1. The number of hydrogen-bond donors (Lipinski definition) is 0. The van der Waals surface area contributed by atoms with E-state index in [4.69, 9.17) is 0 Å². The molecule has 0 bridgehead atoms. The van der Waals surface area contributed by atoms with Crippen LogP contribution in [0.3, 0.4) is 0 Å². The summed E-state index contributed by atoms with van der Waals surface area (Å²) in [5.41, 5.74) is 2.06. The zero-order valence-electron chi connectivity index (χ0n) is 12.2. The number of nitrogens with zero attached hydrogens (tertiary/aromatic N) is 2. The lowest BCUT2D eigenvalue weighted by molar-refractivity contribution is 0.0595. The van der Waals surface area contributed by atoms with E-state index in [1.165, 1.54) is 5.56 Å². The minimum absolute atomic E-state index is 0.179. The van der Waals surface area contributed by atoms with Gasteiger partial charge in [-0.3, -0.25) is 9.69 Å². The predicted octanol–water partition coefficient (Wildman–Crippen LogP) is 2.42. The molecule has 0 spiro atoms. The molecule has 0 saturated carbocycles. The Balaban J connectivity index is 2.01. The lowest BCUT2D eigenvalue weighted by Crippen LogP contribution is -2.50. The van der Waals surface area contributed by atoms with Gasteiger partial charge in [0.15, 0.2) is 0 Å². The Hall–Kier alpha value is -1.35. The molecule has 104 valence electrons. The number of piperazine rings is 1. The van der Waals surface area contributed by atoms with Crippen molar-refractivity contribution in [1.29, 1.82) is 0 Å². The van der Waals surface area contributed by atoms with E-state index in [-0.39, 0.29) is 5.91 Å². The van der Waals surface area contributed by atoms with Crippen LogP contribution in [0, 0.1) is 0 Å². The molecule has 2 rings (SSSR count). The first-order chi connectivity index (χ1) is 9.11. The van der Waals surface area contributed by atoms with E-state index >= 15 is 0 Å². The van der Waals surface area contributed by atoms with Gasteiger partial charge in [0.2, 0.25) is 0 Å². The third-order valence-corrected chi connectivity index (χ3v) is 3.91. The van der Waals surface area contributed by atoms with Gasteiger partial charge in [0.25, 0.3) is 5.91 Å². The van der Waals surface area contributed by atoms with Gasteiger partial charge in [0.05, 0.1) is 0 Å². The minimum Gasteiger partial charge on any atom is -0.336 e. The highest BCUT2D eigenvalue weighted by Crippen LogP contribution is 2.12. The maximum absolute atomic E-state index is 12.5. The van der Waals surface area contributed by atoms with Crippen LogP contribution in [0.4, 0.5) is 0 Å². The maximum Gasteiger partial charge on any atom is 0.253 e. The molecule has 19 heavy (non-hydrogen) atoms. The smallest absolute Gasteiger partial charge is 0.253 e. The van der Waals surface area contributed by atoms with Gasteiger partial charge < -0.3 is 4.90 Å². The van der Waals surface area contributed by atoms with Crippen LogP contribution in [-0.2, 0) is 6.42 Å². The predicted molar refractivity (Wildman–Crippen MR) is 78.4 cm³/mol. The normalized spacial score (nSPS) is 16.9. The second-order valence-electron chi connectivity index (χ2n) is 5.48. The summed E-state index contributed by atoms with van der Waals surface area (Å²) >= 11 is 0. The number of carbonyl (C=O) groups excluding carboxylic acids is 1. The third kappa shape index (κ3) is 3.35. The first-order valence-electron chi connectivity index (χ1n) is 7.24. The fraction of sp³-hybridized carbons (Fsp3) is 0.562. The molecule has 0 N–H and O–H groups in total. The number of aryl methyl sites for hydroxylation is 1. The average molecular weight is 260 g/mol. The van der Waals surface area contributed by atoms with Crippen molar-refractivity contribution < 1.29 is 4.79 Å². The number of hydrogen-bond acceptors (Lipinski definition) is 2. The van der Waals surface area contributed by atoms with E-state index in [9.17, 15) is 4.79 Å². The number of rotatable bonds is 3. The Morgan fingerprint density at radius 1 is 1.21 bits per heavy atom. The highest BCUT2D eigenvalue weighted by Gasteiger charge is 2.23. The van der Waals surface area contributed by atoms with Crippen LogP contribution in [0.2, 0.25) is 0 Å². The van der Waals surface area contributed by atoms with Crippen LogP contribution in [0.1, 0.15) is 36.7 Å². The Bertz CT molecular complexity index is 434. The molecule has 0 atom stereocenters. The van der Waals surface area contributed by atoms with Gasteiger partial charge in [0, 0.05) is 37.8 Å². The van der Waals surface area contributed by atoms with Crippen LogP contribution in [0.15, 0.2) is 24.3 Å². The Morgan fingerprint density at radius 3 is 2.47 bits per heavy atom. The van der Waals surface area contributed by atoms with Crippen LogP contribution in [0.25, 0.3) is 0 Å². The van der Waals surface area contributed by atoms with E-state index in [2.05, 4.69) is 31.7 Å². The summed E-state index contributed by atoms with van der Waals surface area (Å²) in [5.74, 6) is 0.179. The minimum atomic E-state index is 0.179. The first-order valence-corrected chi connectivity index (χ1v) is 7.24. The fourth-order valence-electron chi connectivity index (χ4n) is 2.55. The molecular formula is C16H24N2O. The first kappa shape index (κ1) is 14.1. The van der Waals surface area contributed by atoms with E-state index in [1.807, 2.05) is 23.1 Å². The zero-order valence-corrected chi connectivity index (χ0v) is 12.2. The van der Waals surface area contributed by atoms with Gasteiger partial charge in [-0.05, 0) is 38.0 Å². The standard InChI is InChI=1S/C16H24N2O/c1-4-14-6-5-7-15(12-14)16(19)18-10-8-17(9-11-18)13(2)3/h5-7,12-13H,4,8-11H2,1-3H3. The van der Waals surface area contributed by atoms with Crippen molar-refractivity contribution in [3.8, 4) is 0 Å². The summed E-state index contributed by atoms with van der Waals surface area (Å²) in [7, 11) is 0. The number of benzene rings is 1. The molecule has 0 aromatic heterocycles. The molecular weight excluding hydrogens is 236 g/mol. The van der Waals surface area contributed by atoms with Crippen molar-refractivity contribution in [2.24, 2.45) is 0 Å². The van der Waals surface area contributed by atoms with Crippen molar-refractivity contribution >= 4 is 5.91 Å². The summed E-state index contributed by atoms with van der Waals surface area (Å²) in [4.78, 5) is 16.9. The van der Waals surface area contributed by atoms with Crippen LogP contribution in [-0.4, -0.2) is 47.9 Å². The average Bonchev–Trinajstić information content (AvgIpc) is 2.46. The Morgan fingerprint density at radius 2 is 1.89 bits per heavy atom. The monoisotopic (exact) mass is 260 g/mol. The van der Waals surface area contributed by atoms with Crippen LogP contribution < -0.4 is 0 Å². The van der Waals surface area contributed by atoms with E-state index in [0.29, 0.717) is 6.04 Å². The molecule has 1 aliphatic rings. The fourth-order valence-corrected chi connectivity index (χ4v) is 2.55. The van der Waals surface area contributed by atoms with E-state index in [0.717, 1.165) is 38.2 Å². The van der Waals surface area contributed by atoms with Gasteiger partial charge in [-0.1, -0.05) is 19.1 Å². The topological polar surface area (TPSA) is 23.6 Å². The molecule has 0 radical (unpaired) electrons. The molecule has 1 aromatic carbocycles. The zero-order chi connectivity index (χ0) is 13.8. The molecule has 0 aliphatic carbocycles. The lowest BCUT2D eigenvalue weighted by atomic mass is 10.1. The van der Waals surface area contributed by atoms with Gasteiger partial charge in [-0.15, -0.1) is 0 Å². The van der Waals surface area contributed by atoms with Gasteiger partial charge in [0.1, 0.15) is 0 Å². The molecule has 1 heterocycles. The lowest BCUT2D eigenvalue weighted by Gasteiger charge is -2.37. The highest BCUT2D eigenvalue weighted by molar-refractivity contribution is 5.94. The van der Waals surface area contributed by atoms with E-state index < -0.39 is 0 Å². The summed E-state index contributed by atoms with van der Waals surface area (Å²) in [6, 6.07) is 8.58. The second-order valence-corrected chi connectivity index (χ2v) is 5.48. The van der Waals surface area contributed by atoms with Crippen LogP contribution >= 0.6 is 0 Å². The van der Waals surface area contributed by atoms with Crippen LogP contribution in [0.5, 0.6) is 0 Å². The van der Waals surface area contributed by atoms with Crippen molar-refractivity contribution in [1.82, 2.24) is 9.80 Å².